The molecule has 0 amide bonds. The Bertz CT molecular complexity index is 583. The summed E-state index contributed by atoms with van der Waals surface area (Å²) in [5, 5.41) is 10.0. The molecule has 2 aromatic rings. The Labute approximate surface area is 151 Å². The topological polar surface area (TPSA) is 38.7 Å². The van der Waals surface area contributed by atoms with Crippen LogP contribution >= 0.6 is 0 Å². The lowest BCUT2D eigenvalue weighted by molar-refractivity contribution is 0.116. The van der Waals surface area contributed by atoms with Crippen LogP contribution in [0.2, 0.25) is 0 Å². The summed E-state index contributed by atoms with van der Waals surface area (Å²) in [6.45, 7) is 4.25. The van der Waals surface area contributed by atoms with Gasteiger partial charge in [-0.2, -0.15) is 0 Å². The minimum Gasteiger partial charge on any atom is -0.494 e. The van der Waals surface area contributed by atoms with E-state index in [0.717, 1.165) is 50.0 Å². The van der Waals surface area contributed by atoms with Gasteiger partial charge >= 0.3 is 0 Å². The smallest absolute Gasteiger partial charge is 0.119 e. The lowest BCUT2D eigenvalue weighted by Crippen LogP contribution is -2.01. The molecule has 1 atom stereocenters. The fraction of sp³-hybridized carbons (Fsp3) is 0.455. The van der Waals surface area contributed by atoms with Gasteiger partial charge in [-0.25, -0.2) is 0 Å². The molecule has 2 rings (SSSR count). The van der Waals surface area contributed by atoms with Gasteiger partial charge in [-0.15, -0.1) is 0 Å². The normalized spacial score (nSPS) is 12.1. The van der Waals surface area contributed by atoms with Crippen molar-refractivity contribution in [2.75, 3.05) is 13.2 Å². The van der Waals surface area contributed by atoms with Gasteiger partial charge in [-0.1, -0.05) is 55.8 Å². The van der Waals surface area contributed by atoms with Crippen molar-refractivity contribution in [3.8, 4) is 5.75 Å². The molecule has 2 aromatic carbocycles. The van der Waals surface area contributed by atoms with Crippen LogP contribution < -0.4 is 4.74 Å². The van der Waals surface area contributed by atoms with E-state index in [1.807, 2.05) is 42.5 Å². The molecule has 0 aliphatic carbocycles. The Kier molecular flexibility index (Phi) is 9.09. The fourth-order valence-corrected chi connectivity index (χ4v) is 2.69. The van der Waals surface area contributed by atoms with Crippen LogP contribution in [0.4, 0.5) is 0 Å². The molecule has 0 heterocycles. The van der Waals surface area contributed by atoms with E-state index in [-0.39, 0.29) is 0 Å². The standard InChI is InChI=1S/C22H30O3/c1-2-10-22(23)20-13-9-14-21(17-20)25-16-8-4-7-15-24-18-19-11-5-3-6-12-19/h3,5-6,9,11-14,17,22-23H,2,4,7-8,10,15-16,18H2,1H3. The third-order valence-electron chi connectivity index (χ3n) is 4.12. The third kappa shape index (κ3) is 7.72. The Morgan fingerprint density at radius 2 is 1.72 bits per heavy atom. The molecule has 0 aliphatic heterocycles. The van der Waals surface area contributed by atoms with Crippen LogP contribution in [0, 0.1) is 0 Å². The molecular weight excluding hydrogens is 312 g/mol. The van der Waals surface area contributed by atoms with Gasteiger partial charge in [0.15, 0.2) is 0 Å². The van der Waals surface area contributed by atoms with E-state index in [1.165, 1.54) is 5.56 Å². The van der Waals surface area contributed by atoms with Gasteiger partial charge in [0, 0.05) is 6.61 Å². The van der Waals surface area contributed by atoms with Gasteiger partial charge < -0.3 is 14.6 Å². The van der Waals surface area contributed by atoms with Gasteiger partial charge in [0.25, 0.3) is 0 Å². The number of aliphatic hydroxyl groups is 1. The summed E-state index contributed by atoms with van der Waals surface area (Å²) < 4.78 is 11.5. The van der Waals surface area contributed by atoms with Crippen LogP contribution in [0.3, 0.4) is 0 Å². The van der Waals surface area contributed by atoms with E-state index in [2.05, 4.69) is 19.1 Å². The van der Waals surface area contributed by atoms with Gasteiger partial charge in [-0.3, -0.25) is 0 Å². The van der Waals surface area contributed by atoms with Crippen molar-refractivity contribution in [2.24, 2.45) is 0 Å². The first kappa shape index (κ1) is 19.5. The van der Waals surface area contributed by atoms with Gasteiger partial charge in [-0.05, 0) is 48.9 Å². The lowest BCUT2D eigenvalue weighted by Gasteiger charge is -2.12. The van der Waals surface area contributed by atoms with Crippen molar-refractivity contribution < 1.29 is 14.6 Å². The number of ether oxygens (including phenoxy) is 2. The summed E-state index contributed by atoms with van der Waals surface area (Å²) in [5.74, 6) is 0.841. The molecule has 3 nitrogen and oxygen atoms in total. The summed E-state index contributed by atoms with van der Waals surface area (Å²) in [4.78, 5) is 0. The summed E-state index contributed by atoms with van der Waals surface area (Å²) in [7, 11) is 0. The second-order valence-corrected chi connectivity index (χ2v) is 6.32. The molecule has 0 radical (unpaired) electrons. The third-order valence-corrected chi connectivity index (χ3v) is 4.12. The SMILES string of the molecule is CCCC(O)c1cccc(OCCCCCOCc2ccccc2)c1. The van der Waals surface area contributed by atoms with E-state index in [9.17, 15) is 5.11 Å². The van der Waals surface area contributed by atoms with Crippen LogP contribution in [0.1, 0.15) is 56.3 Å². The fourth-order valence-electron chi connectivity index (χ4n) is 2.69. The van der Waals surface area contributed by atoms with Gasteiger partial charge in [0.1, 0.15) is 5.75 Å². The molecule has 0 fully saturated rings. The maximum atomic E-state index is 10.0. The monoisotopic (exact) mass is 342 g/mol. The molecule has 0 aliphatic rings. The molecule has 0 bridgehead atoms. The first-order valence-electron chi connectivity index (χ1n) is 9.32. The highest BCUT2D eigenvalue weighted by Gasteiger charge is 2.07. The average molecular weight is 342 g/mol. The van der Waals surface area contributed by atoms with E-state index >= 15 is 0 Å². The maximum Gasteiger partial charge on any atom is 0.119 e. The minimum atomic E-state index is -0.393. The predicted octanol–water partition coefficient (Wildman–Crippen LogP) is 5.29. The predicted molar refractivity (Wildman–Crippen MR) is 102 cm³/mol. The Morgan fingerprint density at radius 3 is 2.52 bits per heavy atom. The zero-order chi connectivity index (χ0) is 17.7. The molecule has 3 heteroatoms. The second-order valence-electron chi connectivity index (χ2n) is 6.32. The van der Waals surface area contributed by atoms with Crippen LogP contribution in [0.5, 0.6) is 5.75 Å². The number of unbranched alkanes of at least 4 members (excludes halogenated alkanes) is 2. The average Bonchev–Trinajstić information content (AvgIpc) is 2.65. The van der Waals surface area contributed by atoms with Gasteiger partial charge in [0.05, 0.1) is 19.3 Å². The van der Waals surface area contributed by atoms with Crippen LogP contribution in [0.15, 0.2) is 54.6 Å². The minimum absolute atomic E-state index is 0.393. The summed E-state index contributed by atoms with van der Waals surface area (Å²) in [5.41, 5.74) is 2.16. The number of hydrogen-bond donors (Lipinski definition) is 1. The highest BCUT2D eigenvalue weighted by atomic mass is 16.5. The van der Waals surface area contributed by atoms with Crippen molar-refractivity contribution >= 4 is 0 Å². The van der Waals surface area contributed by atoms with Crippen LogP contribution in [0.25, 0.3) is 0 Å². The Morgan fingerprint density at radius 1 is 0.920 bits per heavy atom. The second kappa shape index (κ2) is 11.7. The van der Waals surface area contributed by atoms with Crippen molar-refractivity contribution in [1.82, 2.24) is 0 Å². The molecule has 0 saturated heterocycles. The van der Waals surface area contributed by atoms with Crippen molar-refractivity contribution in [3.63, 3.8) is 0 Å². The zero-order valence-electron chi connectivity index (χ0n) is 15.2. The summed E-state index contributed by atoms with van der Waals surface area (Å²) >= 11 is 0. The number of rotatable bonds is 12. The quantitative estimate of drug-likeness (QED) is 0.533. The lowest BCUT2D eigenvalue weighted by atomic mass is 10.1. The molecule has 0 spiro atoms. The Balaban J connectivity index is 1.55. The van der Waals surface area contributed by atoms with Crippen LogP contribution in [-0.4, -0.2) is 18.3 Å². The highest BCUT2D eigenvalue weighted by Crippen LogP contribution is 2.22. The molecular formula is C22H30O3. The number of benzene rings is 2. The largest absolute Gasteiger partial charge is 0.494 e. The van der Waals surface area contributed by atoms with E-state index in [1.54, 1.807) is 0 Å². The van der Waals surface area contributed by atoms with Crippen molar-refractivity contribution in [1.29, 1.82) is 0 Å². The number of hydrogen-bond acceptors (Lipinski definition) is 3. The van der Waals surface area contributed by atoms with E-state index in [4.69, 9.17) is 9.47 Å². The zero-order valence-corrected chi connectivity index (χ0v) is 15.2. The highest BCUT2D eigenvalue weighted by molar-refractivity contribution is 5.29. The molecule has 0 aromatic heterocycles. The molecule has 1 unspecified atom stereocenters. The van der Waals surface area contributed by atoms with Crippen molar-refractivity contribution in [2.45, 2.75) is 51.7 Å². The molecule has 0 saturated carbocycles. The first-order chi connectivity index (χ1) is 12.3. The summed E-state index contributed by atoms with van der Waals surface area (Å²) in [6.07, 6.45) is 4.51. The first-order valence-corrected chi connectivity index (χ1v) is 9.32. The van der Waals surface area contributed by atoms with Crippen molar-refractivity contribution in [3.05, 3.63) is 65.7 Å². The van der Waals surface area contributed by atoms with Gasteiger partial charge in [0.2, 0.25) is 0 Å². The Hall–Kier alpha value is -1.84. The molecule has 1 N–H and O–H groups in total. The van der Waals surface area contributed by atoms with E-state index < -0.39 is 6.10 Å². The maximum absolute atomic E-state index is 10.0. The van der Waals surface area contributed by atoms with Crippen LogP contribution in [-0.2, 0) is 11.3 Å². The number of aliphatic hydroxyl groups excluding tert-OH is 1. The molecule has 136 valence electrons. The van der Waals surface area contributed by atoms with E-state index in [0.29, 0.717) is 13.2 Å². The summed E-state index contributed by atoms with van der Waals surface area (Å²) in [6, 6.07) is 18.0. The molecule has 25 heavy (non-hydrogen) atoms.